The molecule has 0 atom stereocenters. The van der Waals surface area contributed by atoms with E-state index in [-0.39, 0.29) is 16.5 Å². The Kier molecular flexibility index (Phi) is 3.00. The average molecular weight is 268 g/mol. The van der Waals surface area contributed by atoms with Crippen molar-refractivity contribution in [3.63, 3.8) is 0 Å². The van der Waals surface area contributed by atoms with Gasteiger partial charge in [-0.25, -0.2) is 8.42 Å². The van der Waals surface area contributed by atoms with Gasteiger partial charge in [0.25, 0.3) is 0 Å². The Hall–Kier alpha value is -2.02. The number of aromatic nitrogens is 1. The van der Waals surface area contributed by atoms with Gasteiger partial charge in [-0.1, -0.05) is 5.16 Å². The maximum absolute atomic E-state index is 11.7. The number of nitrogens with two attached hydrogens (primary N) is 1. The first-order valence-electron chi connectivity index (χ1n) is 5.02. The minimum atomic E-state index is -3.39. The molecule has 18 heavy (non-hydrogen) atoms. The summed E-state index contributed by atoms with van der Waals surface area (Å²) >= 11 is 0. The Balaban J connectivity index is 2.60. The summed E-state index contributed by atoms with van der Waals surface area (Å²) < 4.78 is 33.3. The number of hydrogen-bond acceptors (Lipinski definition) is 6. The second-order valence-corrected chi connectivity index (χ2v) is 5.74. The third-order valence-corrected chi connectivity index (χ3v) is 3.49. The number of nitrogens with zero attached hydrogens (tertiary/aromatic N) is 1. The zero-order chi connectivity index (χ0) is 13.3. The van der Waals surface area contributed by atoms with Crippen molar-refractivity contribution in [3.05, 3.63) is 24.3 Å². The molecule has 0 aliphatic heterocycles. The van der Waals surface area contributed by atoms with Gasteiger partial charge >= 0.3 is 0 Å². The first-order chi connectivity index (χ1) is 8.41. The number of nitrogen functional groups attached to an aromatic ring is 1. The first-order valence-corrected chi connectivity index (χ1v) is 6.91. The molecule has 7 heteroatoms. The van der Waals surface area contributed by atoms with E-state index in [1.165, 1.54) is 19.2 Å². The fourth-order valence-corrected chi connectivity index (χ4v) is 2.40. The lowest BCUT2D eigenvalue weighted by molar-refractivity contribution is 0.402. The van der Waals surface area contributed by atoms with Crippen molar-refractivity contribution in [2.24, 2.45) is 0 Å². The molecular weight excluding hydrogens is 256 g/mol. The summed E-state index contributed by atoms with van der Waals surface area (Å²) in [5.74, 6) is 0.926. The topological polar surface area (TPSA) is 95.4 Å². The van der Waals surface area contributed by atoms with Crippen molar-refractivity contribution in [3.8, 4) is 17.1 Å². The summed E-state index contributed by atoms with van der Waals surface area (Å²) in [4.78, 5) is 0.0949. The molecule has 0 spiro atoms. The molecule has 0 bridgehead atoms. The van der Waals surface area contributed by atoms with Crippen LogP contribution in [0.3, 0.4) is 0 Å². The molecule has 0 saturated carbocycles. The lowest BCUT2D eigenvalue weighted by Gasteiger charge is -2.07. The summed E-state index contributed by atoms with van der Waals surface area (Å²) in [6.07, 6.45) is 1.11. The van der Waals surface area contributed by atoms with E-state index in [4.69, 9.17) is 15.0 Å². The fraction of sp³-hybridized carbons (Fsp3) is 0.182. The minimum absolute atomic E-state index is 0.0949. The zero-order valence-corrected chi connectivity index (χ0v) is 10.7. The van der Waals surface area contributed by atoms with Crippen molar-refractivity contribution >= 4 is 15.7 Å². The van der Waals surface area contributed by atoms with Crippen LogP contribution in [0.2, 0.25) is 0 Å². The minimum Gasteiger partial charge on any atom is -0.495 e. The third kappa shape index (κ3) is 2.30. The molecule has 1 aromatic carbocycles. The van der Waals surface area contributed by atoms with Crippen LogP contribution in [-0.4, -0.2) is 26.9 Å². The molecule has 0 fully saturated rings. The highest BCUT2D eigenvalue weighted by atomic mass is 32.2. The summed E-state index contributed by atoms with van der Waals surface area (Å²) in [5.41, 5.74) is 6.02. The standard InChI is InChI=1S/C11H12N2O4S/c1-16-8-4-3-7(5-10(8)18(2,14)15)9-6-11(12)13-17-9/h3-6H,1-2H3,(H2,12,13). The van der Waals surface area contributed by atoms with E-state index in [0.717, 1.165) is 6.26 Å². The van der Waals surface area contributed by atoms with Gasteiger partial charge < -0.3 is 15.0 Å². The number of ether oxygens (including phenoxy) is 1. The second kappa shape index (κ2) is 4.34. The number of anilines is 1. The van der Waals surface area contributed by atoms with Gasteiger partial charge in [-0.2, -0.15) is 0 Å². The summed E-state index contributed by atoms with van der Waals surface area (Å²) in [6, 6.07) is 6.22. The largest absolute Gasteiger partial charge is 0.495 e. The molecular formula is C11H12N2O4S. The maximum atomic E-state index is 11.7. The van der Waals surface area contributed by atoms with Gasteiger partial charge in [0.05, 0.1) is 7.11 Å². The van der Waals surface area contributed by atoms with E-state index >= 15 is 0 Å². The summed E-state index contributed by atoms with van der Waals surface area (Å²) in [5, 5.41) is 3.55. The first kappa shape index (κ1) is 12.4. The molecule has 0 saturated heterocycles. The van der Waals surface area contributed by atoms with Crippen molar-refractivity contribution in [1.29, 1.82) is 0 Å². The molecule has 0 aliphatic rings. The van der Waals surface area contributed by atoms with E-state index < -0.39 is 9.84 Å². The highest BCUT2D eigenvalue weighted by Gasteiger charge is 2.16. The van der Waals surface area contributed by atoms with Gasteiger partial charge in [-0.15, -0.1) is 0 Å². The van der Waals surface area contributed by atoms with Gasteiger partial charge in [-0.05, 0) is 18.2 Å². The Labute approximate surface area is 104 Å². The summed E-state index contributed by atoms with van der Waals surface area (Å²) in [6.45, 7) is 0. The molecule has 0 amide bonds. The maximum Gasteiger partial charge on any atom is 0.179 e. The van der Waals surface area contributed by atoms with Crippen LogP contribution in [-0.2, 0) is 9.84 Å². The highest BCUT2D eigenvalue weighted by molar-refractivity contribution is 7.90. The average Bonchev–Trinajstić information content (AvgIpc) is 2.74. The lowest BCUT2D eigenvalue weighted by Crippen LogP contribution is -2.00. The quantitative estimate of drug-likeness (QED) is 0.902. The van der Waals surface area contributed by atoms with Gasteiger partial charge in [0.2, 0.25) is 0 Å². The van der Waals surface area contributed by atoms with Gasteiger partial charge in [0.15, 0.2) is 21.4 Å². The fourth-order valence-electron chi connectivity index (χ4n) is 1.54. The van der Waals surface area contributed by atoms with Gasteiger partial charge in [-0.3, -0.25) is 0 Å². The van der Waals surface area contributed by atoms with Crippen LogP contribution >= 0.6 is 0 Å². The Bertz CT molecular complexity index is 676. The van der Waals surface area contributed by atoms with E-state index in [9.17, 15) is 8.42 Å². The molecule has 1 heterocycles. The number of methoxy groups -OCH3 is 1. The van der Waals surface area contributed by atoms with Gasteiger partial charge in [0.1, 0.15) is 10.6 Å². The lowest BCUT2D eigenvalue weighted by atomic mass is 10.1. The third-order valence-electron chi connectivity index (χ3n) is 2.38. The number of benzene rings is 1. The van der Waals surface area contributed by atoms with Crippen LogP contribution in [0.5, 0.6) is 5.75 Å². The molecule has 6 nitrogen and oxygen atoms in total. The van der Waals surface area contributed by atoms with Crippen LogP contribution in [0.15, 0.2) is 33.7 Å². The Morgan fingerprint density at radius 2 is 2.06 bits per heavy atom. The molecule has 2 rings (SSSR count). The van der Waals surface area contributed by atoms with Crippen molar-refractivity contribution in [2.45, 2.75) is 4.90 Å². The van der Waals surface area contributed by atoms with Crippen molar-refractivity contribution in [2.75, 3.05) is 19.1 Å². The van der Waals surface area contributed by atoms with Crippen LogP contribution in [0.4, 0.5) is 5.82 Å². The Morgan fingerprint density at radius 1 is 1.33 bits per heavy atom. The number of sulfone groups is 1. The smallest absolute Gasteiger partial charge is 0.179 e. The van der Waals surface area contributed by atoms with Crippen molar-refractivity contribution in [1.82, 2.24) is 5.16 Å². The monoisotopic (exact) mass is 268 g/mol. The number of rotatable bonds is 3. The van der Waals surface area contributed by atoms with E-state index in [1.54, 1.807) is 12.1 Å². The Morgan fingerprint density at radius 3 is 2.56 bits per heavy atom. The summed E-state index contributed by atoms with van der Waals surface area (Å²) in [7, 11) is -1.97. The molecule has 2 N–H and O–H groups in total. The van der Waals surface area contributed by atoms with Crippen LogP contribution in [0.25, 0.3) is 11.3 Å². The molecule has 0 radical (unpaired) electrons. The highest BCUT2D eigenvalue weighted by Crippen LogP contribution is 2.30. The second-order valence-electron chi connectivity index (χ2n) is 3.75. The predicted molar refractivity (Wildman–Crippen MR) is 66.0 cm³/mol. The molecule has 1 aromatic heterocycles. The SMILES string of the molecule is COc1ccc(-c2cc(N)no2)cc1S(C)(=O)=O. The van der Waals surface area contributed by atoms with Crippen LogP contribution in [0.1, 0.15) is 0 Å². The molecule has 0 aliphatic carbocycles. The molecule has 0 unspecified atom stereocenters. The molecule has 96 valence electrons. The van der Waals surface area contributed by atoms with Gasteiger partial charge in [0, 0.05) is 17.9 Å². The van der Waals surface area contributed by atoms with Crippen molar-refractivity contribution < 1.29 is 17.7 Å². The normalized spacial score (nSPS) is 11.4. The molecule has 2 aromatic rings. The van der Waals surface area contributed by atoms with Crippen LogP contribution < -0.4 is 10.5 Å². The van der Waals surface area contributed by atoms with Crippen LogP contribution in [0, 0.1) is 0 Å². The zero-order valence-electron chi connectivity index (χ0n) is 9.88. The predicted octanol–water partition coefficient (Wildman–Crippen LogP) is 1.34. The van der Waals surface area contributed by atoms with E-state index in [2.05, 4.69) is 5.16 Å². The van der Waals surface area contributed by atoms with E-state index in [1.807, 2.05) is 0 Å². The van der Waals surface area contributed by atoms with E-state index in [0.29, 0.717) is 11.3 Å². The number of hydrogen-bond donors (Lipinski definition) is 1.